The van der Waals surface area contributed by atoms with Gasteiger partial charge >= 0.3 is 0 Å². The maximum atomic E-state index is 11.8. The van der Waals surface area contributed by atoms with Crippen molar-refractivity contribution in [1.29, 1.82) is 0 Å². The van der Waals surface area contributed by atoms with E-state index in [1.54, 1.807) is 0 Å². The third-order valence-corrected chi connectivity index (χ3v) is 3.03. The SMILES string of the molecule is CCC(O)CNC(=O)c1cc(C)ccc1Br. The third kappa shape index (κ3) is 3.61. The maximum absolute atomic E-state index is 11.8. The van der Waals surface area contributed by atoms with Crippen LogP contribution in [0.15, 0.2) is 22.7 Å². The lowest BCUT2D eigenvalue weighted by Gasteiger charge is -2.10. The standard InChI is InChI=1S/C12H16BrNO2/c1-3-9(15)7-14-12(16)10-6-8(2)4-5-11(10)13/h4-6,9,15H,3,7H2,1-2H3,(H,14,16). The van der Waals surface area contributed by atoms with Crippen LogP contribution in [0.5, 0.6) is 0 Å². The van der Waals surface area contributed by atoms with Crippen molar-refractivity contribution in [3.05, 3.63) is 33.8 Å². The normalized spacial score (nSPS) is 12.2. The van der Waals surface area contributed by atoms with E-state index < -0.39 is 6.10 Å². The molecule has 0 spiro atoms. The van der Waals surface area contributed by atoms with Crippen molar-refractivity contribution in [2.45, 2.75) is 26.4 Å². The van der Waals surface area contributed by atoms with Gasteiger partial charge in [0.05, 0.1) is 11.7 Å². The van der Waals surface area contributed by atoms with Crippen molar-refractivity contribution < 1.29 is 9.90 Å². The fourth-order valence-corrected chi connectivity index (χ4v) is 1.69. The number of rotatable bonds is 4. The highest BCUT2D eigenvalue weighted by Gasteiger charge is 2.11. The average molecular weight is 286 g/mol. The summed E-state index contributed by atoms with van der Waals surface area (Å²) in [6.45, 7) is 4.10. The van der Waals surface area contributed by atoms with Gasteiger partial charge in [-0.15, -0.1) is 0 Å². The molecule has 2 N–H and O–H groups in total. The van der Waals surface area contributed by atoms with Gasteiger partial charge in [0, 0.05) is 11.0 Å². The lowest BCUT2D eigenvalue weighted by atomic mass is 10.1. The smallest absolute Gasteiger partial charge is 0.252 e. The molecule has 1 rings (SSSR count). The zero-order chi connectivity index (χ0) is 12.1. The monoisotopic (exact) mass is 285 g/mol. The highest BCUT2D eigenvalue weighted by Crippen LogP contribution is 2.17. The van der Waals surface area contributed by atoms with E-state index in [1.165, 1.54) is 0 Å². The minimum Gasteiger partial charge on any atom is -0.391 e. The number of halogens is 1. The molecule has 1 aromatic rings. The van der Waals surface area contributed by atoms with Gasteiger partial charge in [0.2, 0.25) is 0 Å². The predicted octanol–water partition coefficient (Wildman–Crippen LogP) is 2.26. The molecule has 0 radical (unpaired) electrons. The summed E-state index contributed by atoms with van der Waals surface area (Å²) in [4.78, 5) is 11.8. The zero-order valence-electron chi connectivity index (χ0n) is 9.46. The Hall–Kier alpha value is -0.870. The Morgan fingerprint density at radius 2 is 2.25 bits per heavy atom. The molecule has 0 aliphatic rings. The van der Waals surface area contributed by atoms with Crippen molar-refractivity contribution in [3.63, 3.8) is 0 Å². The molecule has 3 nitrogen and oxygen atoms in total. The van der Waals surface area contributed by atoms with Crippen LogP contribution in [0, 0.1) is 6.92 Å². The van der Waals surface area contributed by atoms with Gasteiger partial charge in [-0.2, -0.15) is 0 Å². The first kappa shape index (κ1) is 13.2. The molecule has 0 saturated carbocycles. The van der Waals surface area contributed by atoms with Crippen LogP contribution in [-0.4, -0.2) is 23.7 Å². The van der Waals surface area contributed by atoms with Crippen LogP contribution in [-0.2, 0) is 0 Å². The first-order valence-electron chi connectivity index (χ1n) is 5.27. The van der Waals surface area contributed by atoms with Crippen molar-refractivity contribution >= 4 is 21.8 Å². The van der Waals surface area contributed by atoms with Gasteiger partial charge in [-0.25, -0.2) is 0 Å². The van der Waals surface area contributed by atoms with E-state index >= 15 is 0 Å². The average Bonchev–Trinajstić information content (AvgIpc) is 2.28. The molecular formula is C12H16BrNO2. The molecule has 4 heteroatoms. The Morgan fingerprint density at radius 3 is 2.88 bits per heavy atom. The molecule has 0 fully saturated rings. The van der Waals surface area contributed by atoms with Gasteiger partial charge in [-0.3, -0.25) is 4.79 Å². The van der Waals surface area contributed by atoms with Crippen LogP contribution >= 0.6 is 15.9 Å². The number of benzene rings is 1. The second-order valence-corrected chi connectivity index (χ2v) is 4.61. The molecule has 0 aromatic heterocycles. The summed E-state index contributed by atoms with van der Waals surface area (Å²) in [5.74, 6) is -0.164. The minimum absolute atomic E-state index is 0.164. The Balaban J connectivity index is 2.69. The lowest BCUT2D eigenvalue weighted by Crippen LogP contribution is -2.31. The third-order valence-electron chi connectivity index (χ3n) is 2.34. The van der Waals surface area contributed by atoms with Gasteiger partial charge in [0.1, 0.15) is 0 Å². The van der Waals surface area contributed by atoms with E-state index in [9.17, 15) is 9.90 Å². The molecule has 1 aromatic carbocycles. The van der Waals surface area contributed by atoms with Crippen LogP contribution in [0.4, 0.5) is 0 Å². The van der Waals surface area contributed by atoms with E-state index in [0.717, 1.165) is 10.0 Å². The number of carbonyl (C=O) groups is 1. The number of aryl methyl sites for hydroxylation is 1. The molecule has 16 heavy (non-hydrogen) atoms. The van der Waals surface area contributed by atoms with Gasteiger partial charge in [-0.05, 0) is 41.4 Å². The van der Waals surface area contributed by atoms with E-state index in [2.05, 4.69) is 21.2 Å². The Kier molecular flexibility index (Phi) is 4.96. The molecule has 88 valence electrons. The highest BCUT2D eigenvalue weighted by atomic mass is 79.9. The molecule has 0 saturated heterocycles. The number of aliphatic hydroxyl groups is 1. The summed E-state index contributed by atoms with van der Waals surface area (Å²) in [5, 5.41) is 12.0. The van der Waals surface area contributed by atoms with Crippen molar-refractivity contribution in [2.75, 3.05) is 6.54 Å². The Morgan fingerprint density at radius 1 is 1.56 bits per heavy atom. The first-order valence-corrected chi connectivity index (χ1v) is 6.06. The van der Waals surface area contributed by atoms with E-state index in [4.69, 9.17) is 0 Å². The number of amides is 1. The first-order chi connectivity index (χ1) is 7.54. The number of hydrogen-bond acceptors (Lipinski definition) is 2. The molecular weight excluding hydrogens is 270 g/mol. The van der Waals surface area contributed by atoms with Crippen LogP contribution in [0.1, 0.15) is 29.3 Å². The zero-order valence-corrected chi connectivity index (χ0v) is 11.0. The summed E-state index contributed by atoms with van der Waals surface area (Å²) in [7, 11) is 0. The maximum Gasteiger partial charge on any atom is 0.252 e. The highest BCUT2D eigenvalue weighted by molar-refractivity contribution is 9.10. The topological polar surface area (TPSA) is 49.3 Å². The van der Waals surface area contributed by atoms with Crippen molar-refractivity contribution in [2.24, 2.45) is 0 Å². The number of nitrogens with one attached hydrogen (secondary N) is 1. The van der Waals surface area contributed by atoms with Crippen LogP contribution in [0.2, 0.25) is 0 Å². The van der Waals surface area contributed by atoms with Crippen molar-refractivity contribution in [3.8, 4) is 0 Å². The van der Waals surface area contributed by atoms with E-state index in [-0.39, 0.29) is 12.5 Å². The predicted molar refractivity (Wildman–Crippen MR) is 67.5 cm³/mol. The van der Waals surface area contributed by atoms with Crippen LogP contribution in [0.25, 0.3) is 0 Å². The molecule has 1 unspecified atom stereocenters. The fourth-order valence-electron chi connectivity index (χ4n) is 1.26. The quantitative estimate of drug-likeness (QED) is 0.892. The van der Waals surface area contributed by atoms with Gasteiger partial charge in [-0.1, -0.05) is 18.6 Å². The number of carbonyl (C=O) groups excluding carboxylic acids is 1. The Labute approximate surface area is 104 Å². The summed E-state index contributed by atoms with van der Waals surface area (Å²) in [6.07, 6.45) is 0.155. The second kappa shape index (κ2) is 6.01. The summed E-state index contributed by atoms with van der Waals surface area (Å²) in [6, 6.07) is 5.60. The molecule has 0 bridgehead atoms. The summed E-state index contributed by atoms with van der Waals surface area (Å²) >= 11 is 3.33. The Bertz CT molecular complexity index is 379. The number of hydrogen-bond donors (Lipinski definition) is 2. The molecule has 1 atom stereocenters. The minimum atomic E-state index is -0.479. The van der Waals surface area contributed by atoms with Crippen LogP contribution in [0.3, 0.4) is 0 Å². The fraction of sp³-hybridized carbons (Fsp3) is 0.417. The molecule has 0 aliphatic heterocycles. The molecule has 0 aliphatic carbocycles. The second-order valence-electron chi connectivity index (χ2n) is 3.76. The van der Waals surface area contributed by atoms with E-state index in [1.807, 2.05) is 32.0 Å². The van der Waals surface area contributed by atoms with Gasteiger partial charge in [0.25, 0.3) is 5.91 Å². The van der Waals surface area contributed by atoms with Gasteiger partial charge < -0.3 is 10.4 Å². The van der Waals surface area contributed by atoms with E-state index in [0.29, 0.717) is 12.0 Å². The lowest BCUT2D eigenvalue weighted by molar-refractivity contribution is 0.0913. The molecule has 1 amide bonds. The van der Waals surface area contributed by atoms with Crippen LogP contribution < -0.4 is 5.32 Å². The number of aliphatic hydroxyl groups excluding tert-OH is 1. The largest absolute Gasteiger partial charge is 0.391 e. The van der Waals surface area contributed by atoms with Crippen molar-refractivity contribution in [1.82, 2.24) is 5.32 Å². The summed E-state index contributed by atoms with van der Waals surface area (Å²) in [5.41, 5.74) is 1.63. The summed E-state index contributed by atoms with van der Waals surface area (Å²) < 4.78 is 0.765. The molecule has 0 heterocycles. The van der Waals surface area contributed by atoms with Gasteiger partial charge in [0.15, 0.2) is 0 Å².